The summed E-state index contributed by atoms with van der Waals surface area (Å²) in [5.74, 6) is -0.406. The van der Waals surface area contributed by atoms with Gasteiger partial charge in [-0.3, -0.25) is 4.90 Å². The number of allylic oxidation sites excluding steroid dienone is 1. The molecular weight excluding hydrogens is 497 g/mol. The van der Waals surface area contributed by atoms with Gasteiger partial charge in [-0.15, -0.1) is 0 Å². The molecule has 2 aromatic rings. The van der Waals surface area contributed by atoms with E-state index < -0.39 is 39.4 Å². The number of urea groups is 1. The summed E-state index contributed by atoms with van der Waals surface area (Å²) in [4.78, 5) is 15.2. The Kier molecular flexibility index (Phi) is 7.43. The van der Waals surface area contributed by atoms with Crippen molar-refractivity contribution >= 4 is 21.6 Å². The molecule has 188 valence electrons. The average molecular weight is 519 g/mol. The number of ether oxygens (including phenoxy) is 1. The van der Waals surface area contributed by atoms with Crippen LogP contribution in [0.3, 0.4) is 0 Å². The number of rotatable bonds is 6. The Morgan fingerprint density at radius 2 is 1.81 bits per heavy atom. The van der Waals surface area contributed by atoms with E-state index in [0.717, 1.165) is 28.0 Å². The molecule has 0 saturated carbocycles. The van der Waals surface area contributed by atoms with Gasteiger partial charge in [-0.05, 0) is 42.8 Å². The number of carbonyl (C=O) groups is 1. The third-order valence-corrected chi connectivity index (χ3v) is 7.49. The molecular formula is C24H21F3N4O4S. The van der Waals surface area contributed by atoms with Gasteiger partial charge in [0.05, 0.1) is 57.8 Å². The summed E-state index contributed by atoms with van der Waals surface area (Å²) in [5.41, 5.74) is -0.914. The smallest absolute Gasteiger partial charge is 0.384 e. The van der Waals surface area contributed by atoms with E-state index in [-0.39, 0.29) is 39.6 Å². The van der Waals surface area contributed by atoms with Gasteiger partial charge in [-0.1, -0.05) is 12.1 Å². The van der Waals surface area contributed by atoms with E-state index in [1.165, 1.54) is 45.3 Å². The molecule has 1 unspecified atom stereocenters. The maximum Gasteiger partial charge on any atom is 0.416 e. The predicted molar refractivity (Wildman–Crippen MR) is 123 cm³/mol. The first kappa shape index (κ1) is 26.7. The van der Waals surface area contributed by atoms with Crippen LogP contribution in [-0.4, -0.2) is 45.9 Å². The molecule has 1 atom stereocenters. The Morgan fingerprint density at radius 1 is 1.11 bits per heavy atom. The van der Waals surface area contributed by atoms with Crippen molar-refractivity contribution in [3.05, 3.63) is 70.4 Å². The highest BCUT2D eigenvalue weighted by Gasteiger charge is 2.41. The first-order valence-electron chi connectivity index (χ1n) is 10.5. The molecule has 1 aliphatic rings. The number of anilines is 1. The SMILES string of the molecule is COCCS(=O)(=O)c1cc(C#N)ccc1C1C(C#N)=C(C)N(c2cccc(C(F)(F)F)c2)C(=O)N1C. The number of benzene rings is 2. The van der Waals surface area contributed by atoms with Gasteiger partial charge in [-0.2, -0.15) is 23.7 Å². The Balaban J connectivity index is 2.23. The van der Waals surface area contributed by atoms with Crippen LogP contribution in [0.4, 0.5) is 23.7 Å². The number of halogens is 3. The molecule has 2 aromatic carbocycles. The van der Waals surface area contributed by atoms with Crippen LogP contribution in [0.1, 0.15) is 29.7 Å². The number of methoxy groups -OCH3 is 1. The largest absolute Gasteiger partial charge is 0.416 e. The fourth-order valence-electron chi connectivity index (χ4n) is 3.96. The van der Waals surface area contributed by atoms with Crippen molar-refractivity contribution in [2.45, 2.75) is 24.0 Å². The van der Waals surface area contributed by atoms with Gasteiger partial charge in [0.15, 0.2) is 9.84 Å². The first-order chi connectivity index (χ1) is 16.9. The average Bonchev–Trinajstić information content (AvgIpc) is 2.84. The number of likely N-dealkylation sites (N-methyl/N-ethyl adjacent to an activating group) is 1. The number of hydrogen-bond acceptors (Lipinski definition) is 6. The highest BCUT2D eigenvalue weighted by atomic mass is 32.2. The van der Waals surface area contributed by atoms with E-state index >= 15 is 0 Å². The number of sulfone groups is 1. The summed E-state index contributed by atoms with van der Waals surface area (Å²) < 4.78 is 70.9. The summed E-state index contributed by atoms with van der Waals surface area (Å²) in [6, 6.07) is 9.95. The highest BCUT2D eigenvalue weighted by molar-refractivity contribution is 7.91. The first-order valence-corrected chi connectivity index (χ1v) is 12.1. The van der Waals surface area contributed by atoms with Gasteiger partial charge in [0, 0.05) is 19.9 Å². The van der Waals surface area contributed by atoms with Gasteiger partial charge in [-0.25, -0.2) is 13.2 Å². The molecule has 1 heterocycles. The van der Waals surface area contributed by atoms with Gasteiger partial charge in [0.2, 0.25) is 0 Å². The highest BCUT2D eigenvalue weighted by Crippen LogP contribution is 2.41. The number of amides is 2. The van der Waals surface area contributed by atoms with Gasteiger partial charge in [0.1, 0.15) is 0 Å². The summed E-state index contributed by atoms with van der Waals surface area (Å²) in [5, 5.41) is 19.3. The molecule has 2 amide bonds. The third-order valence-electron chi connectivity index (χ3n) is 5.76. The van der Waals surface area contributed by atoms with Gasteiger partial charge in [0.25, 0.3) is 0 Å². The van der Waals surface area contributed by atoms with E-state index in [1.54, 1.807) is 0 Å². The molecule has 0 saturated heterocycles. The van der Waals surface area contributed by atoms with E-state index in [9.17, 15) is 36.9 Å². The van der Waals surface area contributed by atoms with E-state index in [1.807, 2.05) is 12.1 Å². The van der Waals surface area contributed by atoms with Crippen molar-refractivity contribution in [1.82, 2.24) is 4.90 Å². The lowest BCUT2D eigenvalue weighted by atomic mass is 9.93. The minimum Gasteiger partial charge on any atom is -0.384 e. The zero-order chi connectivity index (χ0) is 26.8. The lowest BCUT2D eigenvalue weighted by Gasteiger charge is -2.40. The van der Waals surface area contributed by atoms with Crippen molar-refractivity contribution < 1.29 is 31.1 Å². The monoisotopic (exact) mass is 518 g/mol. The fourth-order valence-corrected chi connectivity index (χ4v) is 5.41. The number of hydrogen-bond donors (Lipinski definition) is 0. The van der Waals surface area contributed by atoms with E-state index in [4.69, 9.17) is 4.74 Å². The molecule has 8 nitrogen and oxygen atoms in total. The van der Waals surface area contributed by atoms with Crippen LogP contribution in [0.25, 0.3) is 0 Å². The summed E-state index contributed by atoms with van der Waals surface area (Å²) in [6.45, 7) is 1.28. The molecule has 0 spiro atoms. The van der Waals surface area contributed by atoms with Crippen LogP contribution < -0.4 is 4.90 Å². The standard InChI is InChI=1S/C24H21F3N4O4S/c1-15-20(14-29)22(19-8-7-16(13-28)11-21(19)36(33,34)10-9-35-3)30(2)23(32)31(15)18-6-4-5-17(12-18)24(25,26)27/h4-8,11-12,22H,9-10H2,1-3H3. The Labute approximate surface area is 206 Å². The fraction of sp³-hybridized carbons (Fsp3) is 0.292. The second kappa shape index (κ2) is 10.0. The lowest BCUT2D eigenvalue weighted by Crippen LogP contribution is -2.47. The van der Waals surface area contributed by atoms with Crippen molar-refractivity contribution in [2.24, 2.45) is 0 Å². The minimum absolute atomic E-state index is 0.0394. The molecule has 0 N–H and O–H groups in total. The van der Waals surface area contributed by atoms with E-state index in [2.05, 4.69) is 0 Å². The van der Waals surface area contributed by atoms with Crippen molar-refractivity contribution in [1.29, 1.82) is 10.5 Å². The van der Waals surface area contributed by atoms with Crippen LogP contribution in [-0.2, 0) is 20.8 Å². The summed E-state index contributed by atoms with van der Waals surface area (Å²) >= 11 is 0. The minimum atomic E-state index is -4.65. The maximum atomic E-state index is 13.4. The molecule has 0 radical (unpaired) electrons. The van der Waals surface area contributed by atoms with E-state index in [0.29, 0.717) is 0 Å². The maximum absolute atomic E-state index is 13.4. The quantitative estimate of drug-likeness (QED) is 0.560. The summed E-state index contributed by atoms with van der Waals surface area (Å²) in [7, 11) is -1.35. The zero-order valence-corrected chi connectivity index (χ0v) is 20.3. The number of alkyl halides is 3. The summed E-state index contributed by atoms with van der Waals surface area (Å²) in [6.07, 6.45) is -4.65. The zero-order valence-electron chi connectivity index (χ0n) is 19.5. The molecule has 12 heteroatoms. The van der Waals surface area contributed by atoms with Crippen LogP contribution in [0.5, 0.6) is 0 Å². The van der Waals surface area contributed by atoms with Gasteiger partial charge < -0.3 is 9.64 Å². The van der Waals surface area contributed by atoms with Crippen LogP contribution in [0, 0.1) is 22.7 Å². The van der Waals surface area contributed by atoms with Crippen molar-refractivity contribution in [2.75, 3.05) is 31.4 Å². The van der Waals surface area contributed by atoms with Crippen LogP contribution in [0.15, 0.2) is 58.6 Å². The molecule has 3 rings (SSSR count). The third kappa shape index (κ3) is 4.91. The second-order valence-corrected chi connectivity index (χ2v) is 10.0. The number of carbonyl (C=O) groups excluding carboxylic acids is 1. The molecule has 0 aromatic heterocycles. The number of nitriles is 2. The predicted octanol–water partition coefficient (Wildman–Crippen LogP) is 4.41. The Bertz CT molecular complexity index is 1420. The van der Waals surface area contributed by atoms with Crippen LogP contribution in [0.2, 0.25) is 0 Å². The molecule has 0 aliphatic carbocycles. The molecule has 0 fully saturated rings. The Morgan fingerprint density at radius 3 is 2.39 bits per heavy atom. The van der Waals surface area contributed by atoms with Crippen molar-refractivity contribution in [3.63, 3.8) is 0 Å². The normalized spacial score (nSPS) is 16.7. The lowest BCUT2D eigenvalue weighted by molar-refractivity contribution is -0.137. The van der Waals surface area contributed by atoms with Crippen molar-refractivity contribution in [3.8, 4) is 12.1 Å². The molecule has 0 bridgehead atoms. The van der Waals surface area contributed by atoms with Gasteiger partial charge >= 0.3 is 12.2 Å². The molecule has 36 heavy (non-hydrogen) atoms. The second-order valence-electron chi connectivity index (χ2n) is 7.97. The number of nitrogens with zero attached hydrogens (tertiary/aromatic N) is 4. The topological polar surface area (TPSA) is 114 Å². The van der Waals surface area contributed by atoms with Crippen LogP contribution >= 0.6 is 0 Å². The Hall–Kier alpha value is -3.87. The molecule has 1 aliphatic heterocycles.